The van der Waals surface area contributed by atoms with E-state index in [2.05, 4.69) is 10.3 Å². The van der Waals surface area contributed by atoms with Crippen molar-refractivity contribution in [2.45, 2.75) is 38.1 Å². The highest BCUT2D eigenvalue weighted by molar-refractivity contribution is 5.96. The molecule has 0 spiro atoms. The van der Waals surface area contributed by atoms with Gasteiger partial charge in [-0.1, -0.05) is 5.21 Å². The summed E-state index contributed by atoms with van der Waals surface area (Å²) in [6.45, 7) is 0. The molecule has 1 heterocycles. The van der Waals surface area contributed by atoms with Crippen molar-refractivity contribution in [1.82, 2.24) is 15.0 Å². The Kier molecular flexibility index (Phi) is 1.34. The van der Waals surface area contributed by atoms with Crippen molar-refractivity contribution in [3.8, 4) is 0 Å². The first-order valence-electron chi connectivity index (χ1n) is 4.83. The van der Waals surface area contributed by atoms with Crippen LogP contribution in [0.4, 0.5) is 0 Å². The van der Waals surface area contributed by atoms with E-state index in [1.165, 1.54) is 0 Å². The fourth-order valence-corrected chi connectivity index (χ4v) is 1.89. The second-order valence-electron chi connectivity index (χ2n) is 3.84. The third-order valence-corrected chi connectivity index (χ3v) is 2.74. The average molecular weight is 177 g/mol. The average Bonchev–Trinajstić information content (AvgIpc) is 2.87. The van der Waals surface area contributed by atoms with Crippen molar-refractivity contribution in [2.75, 3.05) is 0 Å². The number of Topliss-reactive ketones (excluding diaryl/α,β-unsaturated/α-hetero) is 1. The number of aromatic nitrogens is 3. The molecule has 1 saturated carbocycles. The van der Waals surface area contributed by atoms with Gasteiger partial charge in [-0.15, -0.1) is 5.10 Å². The van der Waals surface area contributed by atoms with Crippen molar-refractivity contribution in [3.05, 3.63) is 11.4 Å². The third kappa shape index (κ3) is 1.01. The molecule has 0 unspecified atom stereocenters. The maximum absolute atomic E-state index is 11.6. The van der Waals surface area contributed by atoms with Crippen LogP contribution in [0.15, 0.2) is 0 Å². The molecule has 0 atom stereocenters. The SMILES string of the molecule is O=C1CCCc2nnn(C3CC3)c21. The topological polar surface area (TPSA) is 47.8 Å². The number of carbonyl (C=O) groups is 1. The summed E-state index contributed by atoms with van der Waals surface area (Å²) in [6, 6.07) is 0.471. The zero-order valence-corrected chi connectivity index (χ0v) is 7.36. The molecule has 1 fully saturated rings. The zero-order valence-electron chi connectivity index (χ0n) is 7.36. The van der Waals surface area contributed by atoms with Crippen molar-refractivity contribution >= 4 is 5.78 Å². The van der Waals surface area contributed by atoms with Gasteiger partial charge in [0.15, 0.2) is 5.78 Å². The molecular weight excluding hydrogens is 166 g/mol. The number of aryl methyl sites for hydroxylation is 1. The molecule has 0 saturated heterocycles. The molecule has 1 aromatic heterocycles. The standard InChI is InChI=1S/C9H11N3O/c13-8-3-1-2-7-9(8)12(11-10-7)6-4-5-6/h6H,1-5H2. The summed E-state index contributed by atoms with van der Waals surface area (Å²) >= 11 is 0. The Morgan fingerprint density at radius 2 is 2.15 bits per heavy atom. The largest absolute Gasteiger partial charge is 0.292 e. The molecule has 0 bridgehead atoms. The first-order chi connectivity index (χ1) is 6.36. The van der Waals surface area contributed by atoms with Crippen LogP contribution < -0.4 is 0 Å². The fourth-order valence-electron chi connectivity index (χ4n) is 1.89. The van der Waals surface area contributed by atoms with Crippen LogP contribution in [0.25, 0.3) is 0 Å². The number of hydrogen-bond acceptors (Lipinski definition) is 3. The molecule has 0 N–H and O–H groups in total. The summed E-state index contributed by atoms with van der Waals surface area (Å²) in [5.41, 5.74) is 1.72. The zero-order chi connectivity index (χ0) is 8.84. The monoisotopic (exact) mass is 177 g/mol. The first-order valence-corrected chi connectivity index (χ1v) is 4.83. The smallest absolute Gasteiger partial charge is 0.182 e. The van der Waals surface area contributed by atoms with Gasteiger partial charge < -0.3 is 0 Å². The summed E-state index contributed by atoms with van der Waals surface area (Å²) in [5.74, 6) is 0.234. The molecule has 0 aromatic carbocycles. The Morgan fingerprint density at radius 1 is 1.31 bits per heavy atom. The highest BCUT2D eigenvalue weighted by Gasteiger charge is 2.32. The minimum Gasteiger partial charge on any atom is -0.292 e. The molecule has 2 aliphatic rings. The van der Waals surface area contributed by atoms with Crippen LogP contribution in [0.1, 0.15) is 47.9 Å². The first kappa shape index (κ1) is 7.24. The molecule has 0 aliphatic heterocycles. The third-order valence-electron chi connectivity index (χ3n) is 2.74. The Hall–Kier alpha value is -1.19. The van der Waals surface area contributed by atoms with Gasteiger partial charge in [-0.05, 0) is 25.7 Å². The van der Waals surface area contributed by atoms with Crippen molar-refractivity contribution < 1.29 is 4.79 Å². The number of ketones is 1. The van der Waals surface area contributed by atoms with E-state index in [0.29, 0.717) is 12.5 Å². The van der Waals surface area contributed by atoms with Gasteiger partial charge >= 0.3 is 0 Å². The number of fused-ring (bicyclic) bond motifs is 1. The Balaban J connectivity index is 2.11. The lowest BCUT2D eigenvalue weighted by Gasteiger charge is -2.09. The van der Waals surface area contributed by atoms with Crippen LogP contribution in [0, 0.1) is 0 Å². The lowest BCUT2D eigenvalue weighted by Crippen LogP contribution is -2.15. The van der Waals surface area contributed by atoms with Crippen LogP contribution in [0.5, 0.6) is 0 Å². The second-order valence-corrected chi connectivity index (χ2v) is 3.84. The predicted octanol–water partition coefficient (Wildman–Crippen LogP) is 1.13. The van der Waals surface area contributed by atoms with Gasteiger partial charge in [0.05, 0.1) is 11.7 Å². The molecule has 3 rings (SSSR count). The Morgan fingerprint density at radius 3 is 2.92 bits per heavy atom. The molecule has 68 valence electrons. The fraction of sp³-hybridized carbons (Fsp3) is 0.667. The van der Waals surface area contributed by atoms with E-state index < -0.39 is 0 Å². The molecule has 4 nitrogen and oxygen atoms in total. The van der Waals surface area contributed by atoms with Gasteiger partial charge in [0.25, 0.3) is 0 Å². The molecule has 1 aromatic rings. The Bertz CT molecular complexity index is 365. The summed E-state index contributed by atoms with van der Waals surface area (Å²) < 4.78 is 1.84. The van der Waals surface area contributed by atoms with Gasteiger partial charge in [0, 0.05) is 6.42 Å². The Labute approximate surface area is 75.9 Å². The van der Waals surface area contributed by atoms with E-state index in [0.717, 1.165) is 37.1 Å². The number of hydrogen-bond donors (Lipinski definition) is 0. The van der Waals surface area contributed by atoms with E-state index in [-0.39, 0.29) is 5.78 Å². The maximum atomic E-state index is 11.6. The van der Waals surface area contributed by atoms with E-state index in [4.69, 9.17) is 0 Å². The maximum Gasteiger partial charge on any atom is 0.182 e. The lowest BCUT2D eigenvalue weighted by molar-refractivity contribution is 0.0961. The van der Waals surface area contributed by atoms with E-state index in [9.17, 15) is 4.79 Å². The van der Waals surface area contributed by atoms with Crippen molar-refractivity contribution in [1.29, 1.82) is 0 Å². The number of rotatable bonds is 1. The predicted molar refractivity (Wildman–Crippen MR) is 45.6 cm³/mol. The lowest BCUT2D eigenvalue weighted by atomic mass is 10.00. The molecule has 0 radical (unpaired) electrons. The van der Waals surface area contributed by atoms with Crippen molar-refractivity contribution in [2.24, 2.45) is 0 Å². The summed E-state index contributed by atoms with van der Waals surface area (Å²) in [4.78, 5) is 11.6. The summed E-state index contributed by atoms with van der Waals surface area (Å²) in [6.07, 6.45) is 4.85. The van der Waals surface area contributed by atoms with Crippen LogP contribution >= 0.6 is 0 Å². The minimum atomic E-state index is 0.234. The molecule has 0 amide bonds. The normalized spacial score (nSPS) is 21.7. The summed E-state index contributed by atoms with van der Waals surface area (Å²) in [5, 5.41) is 8.12. The molecule has 2 aliphatic carbocycles. The van der Waals surface area contributed by atoms with E-state index in [1.807, 2.05) is 4.68 Å². The number of nitrogens with zero attached hydrogens (tertiary/aromatic N) is 3. The summed E-state index contributed by atoms with van der Waals surface area (Å²) in [7, 11) is 0. The van der Waals surface area contributed by atoms with Crippen LogP contribution in [-0.2, 0) is 6.42 Å². The highest BCUT2D eigenvalue weighted by Crippen LogP contribution is 2.36. The quantitative estimate of drug-likeness (QED) is 0.646. The number of carbonyl (C=O) groups excluding carboxylic acids is 1. The molecular formula is C9H11N3O. The molecule has 4 heteroatoms. The van der Waals surface area contributed by atoms with Gasteiger partial charge in [-0.3, -0.25) is 4.79 Å². The van der Waals surface area contributed by atoms with E-state index in [1.54, 1.807) is 0 Å². The highest BCUT2D eigenvalue weighted by atomic mass is 16.1. The molecule has 13 heavy (non-hydrogen) atoms. The van der Waals surface area contributed by atoms with Crippen LogP contribution in [-0.4, -0.2) is 20.8 Å². The van der Waals surface area contributed by atoms with Crippen molar-refractivity contribution in [3.63, 3.8) is 0 Å². The van der Waals surface area contributed by atoms with Crippen LogP contribution in [0.3, 0.4) is 0 Å². The van der Waals surface area contributed by atoms with E-state index >= 15 is 0 Å². The van der Waals surface area contributed by atoms with Gasteiger partial charge in [0.1, 0.15) is 5.69 Å². The van der Waals surface area contributed by atoms with Gasteiger partial charge in [-0.2, -0.15) is 0 Å². The van der Waals surface area contributed by atoms with Gasteiger partial charge in [0.2, 0.25) is 0 Å². The van der Waals surface area contributed by atoms with Gasteiger partial charge in [-0.25, -0.2) is 4.68 Å². The van der Waals surface area contributed by atoms with Crippen LogP contribution in [0.2, 0.25) is 0 Å². The minimum absolute atomic E-state index is 0.234. The second kappa shape index (κ2) is 2.40.